The maximum atomic E-state index is 12.0. The maximum Gasteiger partial charge on any atom is 0.397 e. The smallest absolute Gasteiger partial charge is 0.323 e. The summed E-state index contributed by atoms with van der Waals surface area (Å²) in [5, 5.41) is 5.94. The van der Waals surface area contributed by atoms with Gasteiger partial charge in [-0.3, -0.25) is 4.79 Å². The first kappa shape index (κ1) is 13.0. The van der Waals surface area contributed by atoms with Gasteiger partial charge in [0, 0.05) is 12.4 Å². The lowest BCUT2D eigenvalue weighted by Gasteiger charge is -2.07. The molecule has 0 atom stereocenters. The molecule has 0 aliphatic carbocycles. The lowest BCUT2D eigenvalue weighted by molar-refractivity contribution is -0.150. The van der Waals surface area contributed by atoms with Crippen LogP contribution in [0, 0.1) is 0 Å². The van der Waals surface area contributed by atoms with Crippen molar-refractivity contribution in [3.05, 3.63) is 30.9 Å². The molecular weight excluding hydrogens is 263 g/mol. The Balaban J connectivity index is 2.01. The van der Waals surface area contributed by atoms with Gasteiger partial charge in [0.15, 0.2) is 0 Å². The van der Waals surface area contributed by atoms with Crippen LogP contribution in [0.4, 0.5) is 18.9 Å². The van der Waals surface area contributed by atoms with Crippen molar-refractivity contribution in [1.29, 1.82) is 0 Å². The van der Waals surface area contributed by atoms with E-state index in [-0.39, 0.29) is 11.6 Å². The van der Waals surface area contributed by atoms with E-state index in [0.29, 0.717) is 0 Å². The summed E-state index contributed by atoms with van der Waals surface area (Å²) in [6, 6.07) is 1.67. The topological polar surface area (TPSA) is 72.7 Å². The number of nitrogens with zero attached hydrogens (tertiary/aromatic N) is 4. The molecule has 0 aliphatic heterocycles. The number of alkyl halides is 3. The highest BCUT2D eigenvalue weighted by Gasteiger charge is 2.31. The summed E-state index contributed by atoms with van der Waals surface area (Å²) in [6.45, 7) is 0. The van der Waals surface area contributed by atoms with Gasteiger partial charge < -0.3 is 5.32 Å². The largest absolute Gasteiger partial charge is 0.397 e. The first-order valence-corrected chi connectivity index (χ1v) is 5.13. The molecule has 1 amide bonds. The van der Waals surface area contributed by atoms with Gasteiger partial charge in [-0.05, 0) is 6.07 Å². The number of nitrogens with one attached hydrogen (secondary N) is 1. The Kier molecular flexibility index (Phi) is 3.45. The van der Waals surface area contributed by atoms with Crippen molar-refractivity contribution in [2.75, 3.05) is 5.32 Å². The molecule has 9 heteroatoms. The summed E-state index contributed by atoms with van der Waals surface area (Å²) in [5.74, 6) is -0.915. The van der Waals surface area contributed by atoms with Crippen LogP contribution in [0.15, 0.2) is 30.9 Å². The maximum absolute atomic E-state index is 12.0. The molecule has 0 saturated heterocycles. The number of carbonyl (C=O) groups excluding carboxylic acids is 1. The number of rotatable bonds is 3. The van der Waals surface area contributed by atoms with Crippen molar-refractivity contribution < 1.29 is 18.0 Å². The predicted octanol–water partition coefficient (Wildman–Crippen LogP) is 1.55. The van der Waals surface area contributed by atoms with Crippen molar-refractivity contribution >= 4 is 11.6 Å². The Morgan fingerprint density at radius 1 is 1.32 bits per heavy atom. The Bertz CT molecular complexity index is 550. The third-order valence-electron chi connectivity index (χ3n) is 1.99. The second-order valence-corrected chi connectivity index (χ2v) is 3.56. The van der Waals surface area contributed by atoms with E-state index < -0.39 is 18.5 Å². The summed E-state index contributed by atoms with van der Waals surface area (Å²) >= 11 is 0. The van der Waals surface area contributed by atoms with Crippen molar-refractivity contribution in [1.82, 2.24) is 19.7 Å². The van der Waals surface area contributed by atoms with Gasteiger partial charge in [-0.15, -0.1) is 0 Å². The first-order valence-electron chi connectivity index (χ1n) is 5.13. The number of anilines is 1. The van der Waals surface area contributed by atoms with E-state index in [1.165, 1.54) is 23.3 Å². The molecule has 0 aliphatic rings. The SMILES string of the molecule is O=C(CC(F)(F)F)Nc1cnc(-n2cccn2)nc1. The molecule has 2 aromatic rings. The first-order chi connectivity index (χ1) is 8.94. The molecule has 0 fully saturated rings. The predicted molar refractivity (Wildman–Crippen MR) is 58.5 cm³/mol. The van der Waals surface area contributed by atoms with Gasteiger partial charge in [0.05, 0.1) is 18.1 Å². The zero-order chi connectivity index (χ0) is 13.9. The Hall–Kier alpha value is -2.45. The molecule has 0 aromatic carbocycles. The molecule has 2 aromatic heterocycles. The van der Waals surface area contributed by atoms with E-state index in [1.807, 2.05) is 0 Å². The number of carbonyl (C=O) groups is 1. The fraction of sp³-hybridized carbons (Fsp3) is 0.200. The van der Waals surface area contributed by atoms with E-state index in [2.05, 4.69) is 20.4 Å². The fourth-order valence-electron chi connectivity index (χ4n) is 1.28. The summed E-state index contributed by atoms with van der Waals surface area (Å²) in [5.41, 5.74) is 0.0881. The highest BCUT2D eigenvalue weighted by molar-refractivity contribution is 5.90. The third-order valence-corrected chi connectivity index (χ3v) is 1.99. The molecule has 0 bridgehead atoms. The van der Waals surface area contributed by atoms with Gasteiger partial charge in [-0.2, -0.15) is 18.3 Å². The third kappa shape index (κ3) is 3.76. The Morgan fingerprint density at radius 2 is 2.00 bits per heavy atom. The molecule has 6 nitrogen and oxygen atoms in total. The van der Waals surface area contributed by atoms with Gasteiger partial charge in [0.2, 0.25) is 5.91 Å². The number of aromatic nitrogens is 4. The minimum absolute atomic E-state index is 0.0881. The van der Waals surface area contributed by atoms with E-state index in [4.69, 9.17) is 0 Å². The van der Waals surface area contributed by atoms with Crippen molar-refractivity contribution in [2.24, 2.45) is 0 Å². The second-order valence-electron chi connectivity index (χ2n) is 3.56. The van der Waals surface area contributed by atoms with Crippen LogP contribution in [0.5, 0.6) is 0 Å². The standard InChI is InChI=1S/C10H8F3N5O/c11-10(12,13)4-8(19)17-7-5-14-9(15-6-7)18-3-1-2-16-18/h1-3,5-6H,4H2,(H,17,19). The van der Waals surface area contributed by atoms with Crippen LogP contribution in [0.2, 0.25) is 0 Å². The van der Waals surface area contributed by atoms with Crippen molar-refractivity contribution in [2.45, 2.75) is 12.6 Å². The average Bonchev–Trinajstić information content (AvgIpc) is 2.80. The average molecular weight is 271 g/mol. The van der Waals surface area contributed by atoms with Crippen molar-refractivity contribution in [3.63, 3.8) is 0 Å². The van der Waals surface area contributed by atoms with Crippen LogP contribution >= 0.6 is 0 Å². The molecule has 0 saturated carbocycles. The van der Waals surface area contributed by atoms with E-state index >= 15 is 0 Å². The molecule has 100 valence electrons. The summed E-state index contributed by atoms with van der Waals surface area (Å²) in [4.78, 5) is 18.8. The zero-order valence-corrected chi connectivity index (χ0v) is 9.42. The van der Waals surface area contributed by atoms with Gasteiger partial charge in [0.1, 0.15) is 6.42 Å². The van der Waals surface area contributed by atoms with Gasteiger partial charge >= 0.3 is 6.18 Å². The number of halogens is 3. The van der Waals surface area contributed by atoms with Gasteiger partial charge in [-0.1, -0.05) is 0 Å². The molecule has 0 unspecified atom stereocenters. The molecule has 1 N–H and O–H groups in total. The molecule has 2 heterocycles. The summed E-state index contributed by atoms with van der Waals surface area (Å²) in [7, 11) is 0. The van der Waals surface area contributed by atoms with Crippen LogP contribution in [0.1, 0.15) is 6.42 Å². The molecule has 19 heavy (non-hydrogen) atoms. The fourth-order valence-corrected chi connectivity index (χ4v) is 1.28. The minimum Gasteiger partial charge on any atom is -0.323 e. The van der Waals surface area contributed by atoms with Crippen LogP contribution < -0.4 is 5.32 Å². The normalized spacial score (nSPS) is 11.3. The lowest BCUT2D eigenvalue weighted by Crippen LogP contribution is -2.21. The van der Waals surface area contributed by atoms with Gasteiger partial charge in [0.25, 0.3) is 5.95 Å². The number of hydrogen-bond acceptors (Lipinski definition) is 4. The molecular formula is C10H8F3N5O. The summed E-state index contributed by atoms with van der Waals surface area (Å²) < 4.78 is 37.2. The van der Waals surface area contributed by atoms with E-state index in [9.17, 15) is 18.0 Å². The monoisotopic (exact) mass is 271 g/mol. The minimum atomic E-state index is -4.54. The van der Waals surface area contributed by atoms with Crippen molar-refractivity contribution in [3.8, 4) is 5.95 Å². The quantitative estimate of drug-likeness (QED) is 0.919. The van der Waals surface area contributed by atoms with Gasteiger partial charge in [-0.25, -0.2) is 14.6 Å². The zero-order valence-electron chi connectivity index (χ0n) is 9.42. The molecule has 0 spiro atoms. The Morgan fingerprint density at radius 3 is 2.53 bits per heavy atom. The van der Waals surface area contributed by atoms with Crippen LogP contribution in [0.3, 0.4) is 0 Å². The highest BCUT2D eigenvalue weighted by atomic mass is 19.4. The summed E-state index contributed by atoms with van der Waals surface area (Å²) in [6.07, 6.45) is -0.538. The van der Waals surface area contributed by atoms with Crippen LogP contribution in [-0.4, -0.2) is 31.8 Å². The van der Waals surface area contributed by atoms with E-state index in [1.54, 1.807) is 12.3 Å². The number of amides is 1. The lowest BCUT2D eigenvalue weighted by atomic mass is 10.4. The highest BCUT2D eigenvalue weighted by Crippen LogP contribution is 2.20. The van der Waals surface area contributed by atoms with Crippen LogP contribution in [-0.2, 0) is 4.79 Å². The second kappa shape index (κ2) is 5.04. The number of hydrogen-bond donors (Lipinski definition) is 1. The molecule has 0 radical (unpaired) electrons. The van der Waals surface area contributed by atoms with E-state index in [0.717, 1.165) is 0 Å². The Labute approximate surface area is 105 Å². The molecule has 2 rings (SSSR count). The van der Waals surface area contributed by atoms with Crippen LogP contribution in [0.25, 0.3) is 5.95 Å².